The second-order valence-corrected chi connectivity index (χ2v) is 3.95. The van der Waals surface area contributed by atoms with Crippen molar-refractivity contribution in [3.05, 3.63) is 42.2 Å². The first-order chi connectivity index (χ1) is 9.29. The van der Waals surface area contributed by atoms with Crippen LogP contribution in [-0.4, -0.2) is 23.2 Å². The first-order valence-electron chi connectivity index (χ1n) is 5.72. The van der Waals surface area contributed by atoms with Crippen LogP contribution >= 0.6 is 0 Å². The lowest BCUT2D eigenvalue weighted by atomic mass is 10.2. The molecule has 0 saturated carbocycles. The number of nitrogens with zero attached hydrogens (tertiary/aromatic N) is 3. The molecule has 1 aliphatic rings. The van der Waals surface area contributed by atoms with Crippen LogP contribution in [0.5, 0.6) is 11.6 Å². The molecule has 0 unspecified atom stereocenters. The SMILES string of the molecule is COC(=O)N1Cc2ccccc2Oc2nccnc21. The lowest BCUT2D eigenvalue weighted by Crippen LogP contribution is -2.30. The quantitative estimate of drug-likeness (QED) is 0.724. The van der Waals surface area contributed by atoms with Crippen LogP contribution in [0.3, 0.4) is 0 Å². The van der Waals surface area contributed by atoms with Gasteiger partial charge in [0.2, 0.25) is 5.82 Å². The summed E-state index contributed by atoms with van der Waals surface area (Å²) in [5.41, 5.74) is 0.868. The number of carbonyl (C=O) groups is 1. The van der Waals surface area contributed by atoms with Crippen molar-refractivity contribution in [2.24, 2.45) is 0 Å². The molecule has 0 radical (unpaired) electrons. The monoisotopic (exact) mass is 257 g/mol. The van der Waals surface area contributed by atoms with Crippen molar-refractivity contribution >= 4 is 11.9 Å². The van der Waals surface area contributed by atoms with Gasteiger partial charge in [0.1, 0.15) is 5.75 Å². The topological polar surface area (TPSA) is 64.5 Å². The second-order valence-electron chi connectivity index (χ2n) is 3.95. The number of hydrogen-bond donors (Lipinski definition) is 0. The van der Waals surface area contributed by atoms with Crippen molar-refractivity contribution in [3.8, 4) is 11.6 Å². The highest BCUT2D eigenvalue weighted by atomic mass is 16.5. The van der Waals surface area contributed by atoms with Gasteiger partial charge in [0.05, 0.1) is 13.7 Å². The molecule has 3 rings (SSSR count). The molecule has 1 aliphatic heterocycles. The molecule has 1 amide bonds. The van der Waals surface area contributed by atoms with Gasteiger partial charge in [-0.2, -0.15) is 0 Å². The molecule has 1 aromatic carbocycles. The van der Waals surface area contributed by atoms with Crippen molar-refractivity contribution < 1.29 is 14.3 Å². The summed E-state index contributed by atoms with van der Waals surface area (Å²) >= 11 is 0. The second kappa shape index (κ2) is 4.56. The molecule has 19 heavy (non-hydrogen) atoms. The molecule has 2 heterocycles. The van der Waals surface area contributed by atoms with Crippen LogP contribution in [0, 0.1) is 0 Å². The molecule has 0 bridgehead atoms. The summed E-state index contributed by atoms with van der Waals surface area (Å²) in [6, 6.07) is 7.46. The summed E-state index contributed by atoms with van der Waals surface area (Å²) in [5.74, 6) is 1.30. The Morgan fingerprint density at radius 3 is 2.95 bits per heavy atom. The average Bonchev–Trinajstić information content (AvgIpc) is 2.62. The van der Waals surface area contributed by atoms with Gasteiger partial charge in [-0.3, -0.25) is 4.90 Å². The smallest absolute Gasteiger partial charge is 0.415 e. The van der Waals surface area contributed by atoms with Crippen molar-refractivity contribution in [1.29, 1.82) is 0 Å². The predicted octanol–water partition coefficient (Wildman–Crippen LogP) is 2.36. The van der Waals surface area contributed by atoms with Gasteiger partial charge in [-0.05, 0) is 6.07 Å². The molecule has 2 aromatic rings. The highest BCUT2D eigenvalue weighted by Gasteiger charge is 2.27. The Kier molecular flexibility index (Phi) is 2.75. The first kappa shape index (κ1) is 11.5. The maximum absolute atomic E-state index is 11.9. The number of para-hydroxylation sites is 1. The van der Waals surface area contributed by atoms with E-state index in [1.807, 2.05) is 24.3 Å². The van der Waals surface area contributed by atoms with E-state index in [0.29, 0.717) is 18.1 Å². The van der Waals surface area contributed by atoms with Crippen molar-refractivity contribution in [2.45, 2.75) is 6.54 Å². The minimum absolute atomic E-state index is 0.290. The van der Waals surface area contributed by atoms with Crippen LogP contribution in [0.2, 0.25) is 0 Å². The highest BCUT2D eigenvalue weighted by molar-refractivity contribution is 5.88. The first-order valence-corrected chi connectivity index (χ1v) is 5.72. The van der Waals surface area contributed by atoms with Gasteiger partial charge in [-0.15, -0.1) is 0 Å². The molecular weight excluding hydrogens is 246 g/mol. The van der Waals surface area contributed by atoms with Crippen LogP contribution in [0.1, 0.15) is 5.56 Å². The molecule has 1 aromatic heterocycles. The van der Waals surface area contributed by atoms with Crippen LogP contribution < -0.4 is 9.64 Å². The Balaban J connectivity index is 2.14. The fraction of sp³-hybridized carbons (Fsp3) is 0.154. The van der Waals surface area contributed by atoms with E-state index in [0.717, 1.165) is 5.56 Å². The minimum atomic E-state index is -0.498. The fourth-order valence-corrected chi connectivity index (χ4v) is 1.92. The van der Waals surface area contributed by atoms with E-state index in [4.69, 9.17) is 9.47 Å². The van der Waals surface area contributed by atoms with Crippen LogP contribution in [0.25, 0.3) is 0 Å². The summed E-state index contributed by atoms with van der Waals surface area (Å²) in [5, 5.41) is 0. The van der Waals surface area contributed by atoms with Gasteiger partial charge < -0.3 is 9.47 Å². The van der Waals surface area contributed by atoms with E-state index in [-0.39, 0.29) is 5.88 Å². The third-order valence-corrected chi connectivity index (χ3v) is 2.80. The maximum atomic E-state index is 11.9. The normalized spacial score (nSPS) is 12.8. The van der Waals surface area contributed by atoms with Crippen LogP contribution in [-0.2, 0) is 11.3 Å². The van der Waals surface area contributed by atoms with E-state index in [1.54, 1.807) is 0 Å². The number of methoxy groups -OCH3 is 1. The zero-order chi connectivity index (χ0) is 13.2. The summed E-state index contributed by atoms with van der Waals surface area (Å²) < 4.78 is 10.5. The minimum Gasteiger partial charge on any atom is -0.452 e. The van der Waals surface area contributed by atoms with Gasteiger partial charge in [-0.1, -0.05) is 18.2 Å². The lowest BCUT2D eigenvalue weighted by Gasteiger charge is -2.18. The molecule has 0 spiro atoms. The van der Waals surface area contributed by atoms with Crippen molar-refractivity contribution in [3.63, 3.8) is 0 Å². The zero-order valence-corrected chi connectivity index (χ0v) is 10.2. The summed E-state index contributed by atoms with van der Waals surface area (Å²) in [7, 11) is 1.33. The number of benzene rings is 1. The zero-order valence-electron chi connectivity index (χ0n) is 10.2. The Morgan fingerprint density at radius 2 is 2.11 bits per heavy atom. The Bertz CT molecular complexity index is 630. The van der Waals surface area contributed by atoms with Gasteiger partial charge in [0, 0.05) is 18.0 Å². The van der Waals surface area contributed by atoms with Crippen molar-refractivity contribution in [1.82, 2.24) is 9.97 Å². The third kappa shape index (κ3) is 1.97. The Morgan fingerprint density at radius 1 is 1.32 bits per heavy atom. The predicted molar refractivity (Wildman–Crippen MR) is 67.1 cm³/mol. The molecule has 0 fully saturated rings. The average molecular weight is 257 g/mol. The van der Waals surface area contributed by atoms with Crippen LogP contribution in [0.4, 0.5) is 10.6 Å². The van der Waals surface area contributed by atoms with E-state index in [9.17, 15) is 4.79 Å². The summed E-state index contributed by atoms with van der Waals surface area (Å²) in [6.07, 6.45) is 2.53. The Labute approximate surface area is 109 Å². The number of ether oxygens (including phenoxy) is 2. The van der Waals surface area contributed by atoms with Crippen molar-refractivity contribution in [2.75, 3.05) is 12.0 Å². The van der Waals surface area contributed by atoms with Gasteiger partial charge in [0.25, 0.3) is 5.88 Å². The fourth-order valence-electron chi connectivity index (χ4n) is 1.92. The van der Waals surface area contributed by atoms with Gasteiger partial charge in [-0.25, -0.2) is 14.8 Å². The molecule has 96 valence electrons. The summed E-state index contributed by atoms with van der Waals surface area (Å²) in [6.45, 7) is 0.328. The molecule has 0 atom stereocenters. The van der Waals surface area contributed by atoms with E-state index in [2.05, 4.69) is 9.97 Å². The number of amides is 1. The number of anilines is 1. The molecule has 0 N–H and O–H groups in total. The number of fused-ring (bicyclic) bond motifs is 2. The van der Waals surface area contributed by atoms with E-state index < -0.39 is 6.09 Å². The summed E-state index contributed by atoms with van der Waals surface area (Å²) in [4.78, 5) is 21.5. The maximum Gasteiger partial charge on any atom is 0.415 e. The van der Waals surface area contributed by atoms with Gasteiger partial charge in [0.15, 0.2) is 0 Å². The lowest BCUT2D eigenvalue weighted by molar-refractivity contribution is 0.178. The Hall–Kier alpha value is -2.63. The molecule has 0 saturated heterocycles. The number of hydrogen-bond acceptors (Lipinski definition) is 5. The third-order valence-electron chi connectivity index (χ3n) is 2.80. The van der Waals surface area contributed by atoms with E-state index in [1.165, 1.54) is 24.4 Å². The molecular formula is C13H11N3O3. The molecule has 0 aliphatic carbocycles. The highest BCUT2D eigenvalue weighted by Crippen LogP contribution is 2.35. The molecule has 6 nitrogen and oxygen atoms in total. The van der Waals surface area contributed by atoms with Crippen LogP contribution in [0.15, 0.2) is 36.7 Å². The van der Waals surface area contributed by atoms with Gasteiger partial charge >= 0.3 is 6.09 Å². The largest absolute Gasteiger partial charge is 0.452 e. The number of carbonyl (C=O) groups excluding carboxylic acids is 1. The van der Waals surface area contributed by atoms with E-state index >= 15 is 0 Å². The number of aromatic nitrogens is 2. The standard InChI is InChI=1S/C13H11N3O3/c1-18-13(17)16-8-9-4-2-3-5-10(9)19-12-11(16)14-6-7-15-12/h2-7H,8H2,1H3. The number of rotatable bonds is 0. The molecule has 6 heteroatoms.